The van der Waals surface area contributed by atoms with Gasteiger partial charge in [-0.15, -0.1) is 11.3 Å². The number of nitrogens with zero attached hydrogens (tertiary/aromatic N) is 2. The number of hydrogen-bond acceptors (Lipinski definition) is 4. The Labute approximate surface area is 161 Å². The van der Waals surface area contributed by atoms with Crippen LogP contribution in [0.3, 0.4) is 0 Å². The lowest BCUT2D eigenvalue weighted by molar-refractivity contribution is -0.121. The summed E-state index contributed by atoms with van der Waals surface area (Å²) in [6, 6.07) is 13.7. The molecule has 1 atom stereocenters. The van der Waals surface area contributed by atoms with Gasteiger partial charge in [0, 0.05) is 17.8 Å². The van der Waals surface area contributed by atoms with Crippen molar-refractivity contribution in [1.82, 2.24) is 20.4 Å². The number of rotatable bonds is 6. The van der Waals surface area contributed by atoms with Crippen molar-refractivity contribution >= 4 is 23.2 Å². The Morgan fingerprint density at radius 3 is 2.81 bits per heavy atom. The minimum Gasteiger partial charge on any atom is -0.351 e. The van der Waals surface area contributed by atoms with Crippen LogP contribution >= 0.6 is 11.3 Å². The van der Waals surface area contributed by atoms with E-state index in [9.17, 15) is 9.59 Å². The highest BCUT2D eigenvalue weighted by Crippen LogP contribution is 2.19. The number of thiophene rings is 1. The Morgan fingerprint density at radius 2 is 2.04 bits per heavy atom. The third-order valence-electron chi connectivity index (χ3n) is 4.60. The fraction of sp³-hybridized carbons (Fsp3) is 0.250. The quantitative estimate of drug-likeness (QED) is 0.688. The fourth-order valence-corrected chi connectivity index (χ4v) is 4.00. The zero-order valence-electron chi connectivity index (χ0n) is 14.7. The highest BCUT2D eigenvalue weighted by atomic mass is 32.1. The van der Waals surface area contributed by atoms with Crippen LogP contribution in [0.2, 0.25) is 0 Å². The zero-order valence-corrected chi connectivity index (χ0v) is 15.5. The van der Waals surface area contributed by atoms with E-state index in [4.69, 9.17) is 0 Å². The summed E-state index contributed by atoms with van der Waals surface area (Å²) >= 11 is 1.58. The van der Waals surface area contributed by atoms with E-state index < -0.39 is 0 Å². The number of amides is 2. The van der Waals surface area contributed by atoms with Gasteiger partial charge < -0.3 is 10.6 Å². The third kappa shape index (κ3) is 4.09. The van der Waals surface area contributed by atoms with Crippen molar-refractivity contribution < 1.29 is 9.59 Å². The molecule has 6 nitrogen and oxygen atoms in total. The van der Waals surface area contributed by atoms with Crippen LogP contribution in [0.5, 0.6) is 0 Å². The standard InChI is InChI=1S/C20H20N4O2S/c25-19(10-16-7-4-8-27-16)23-15-9-18-17(12-22-24(18)13-15)20(26)21-11-14-5-2-1-3-6-14/h1-8,12,15H,9-11,13H2,(H,21,26)(H,23,25). The summed E-state index contributed by atoms with van der Waals surface area (Å²) in [4.78, 5) is 25.8. The van der Waals surface area contributed by atoms with Crippen LogP contribution in [-0.2, 0) is 30.7 Å². The summed E-state index contributed by atoms with van der Waals surface area (Å²) in [7, 11) is 0. The van der Waals surface area contributed by atoms with Gasteiger partial charge in [-0.05, 0) is 17.0 Å². The van der Waals surface area contributed by atoms with Crippen LogP contribution in [0.4, 0.5) is 0 Å². The minimum absolute atomic E-state index is 0.00304. The average molecular weight is 380 g/mol. The smallest absolute Gasteiger partial charge is 0.255 e. The van der Waals surface area contributed by atoms with Gasteiger partial charge in [0.1, 0.15) is 0 Å². The summed E-state index contributed by atoms with van der Waals surface area (Å²) in [5.74, 6) is -0.131. The van der Waals surface area contributed by atoms with Gasteiger partial charge in [-0.25, -0.2) is 0 Å². The summed E-state index contributed by atoms with van der Waals surface area (Å²) in [5.41, 5.74) is 2.51. The van der Waals surface area contributed by atoms with E-state index in [0.29, 0.717) is 31.5 Å². The number of fused-ring (bicyclic) bond motifs is 1. The molecule has 1 unspecified atom stereocenters. The number of hydrogen-bond donors (Lipinski definition) is 2. The lowest BCUT2D eigenvalue weighted by Crippen LogP contribution is -2.37. The van der Waals surface area contributed by atoms with Crippen molar-refractivity contribution in [3.63, 3.8) is 0 Å². The predicted octanol–water partition coefficient (Wildman–Crippen LogP) is 2.16. The number of benzene rings is 1. The van der Waals surface area contributed by atoms with Gasteiger partial charge in [-0.1, -0.05) is 36.4 Å². The van der Waals surface area contributed by atoms with Crippen molar-refractivity contribution in [2.24, 2.45) is 0 Å². The molecule has 4 rings (SSSR count). The summed E-state index contributed by atoms with van der Waals surface area (Å²) in [6.07, 6.45) is 2.62. The second-order valence-corrected chi connectivity index (χ2v) is 7.61. The SMILES string of the molecule is O=C(Cc1cccs1)NC1Cc2c(C(=O)NCc3ccccc3)cnn2C1. The first-order valence-corrected chi connectivity index (χ1v) is 9.75. The molecule has 0 saturated heterocycles. The first-order chi connectivity index (χ1) is 13.2. The molecule has 0 bridgehead atoms. The van der Waals surface area contributed by atoms with Crippen LogP contribution in [0.1, 0.15) is 26.5 Å². The summed E-state index contributed by atoms with van der Waals surface area (Å²) in [6.45, 7) is 1.07. The topological polar surface area (TPSA) is 76.0 Å². The van der Waals surface area contributed by atoms with E-state index in [1.807, 2.05) is 52.5 Å². The van der Waals surface area contributed by atoms with Crippen LogP contribution in [0.15, 0.2) is 54.0 Å². The molecule has 1 aliphatic heterocycles. The molecular weight excluding hydrogens is 360 g/mol. The second kappa shape index (κ2) is 7.75. The first-order valence-electron chi connectivity index (χ1n) is 8.87. The molecule has 1 aliphatic rings. The predicted molar refractivity (Wildman–Crippen MR) is 103 cm³/mol. The molecule has 2 N–H and O–H groups in total. The van der Waals surface area contributed by atoms with Gasteiger partial charge in [0.15, 0.2) is 0 Å². The Bertz CT molecular complexity index is 934. The van der Waals surface area contributed by atoms with Gasteiger partial charge in [0.2, 0.25) is 5.91 Å². The second-order valence-electron chi connectivity index (χ2n) is 6.58. The van der Waals surface area contributed by atoms with E-state index in [0.717, 1.165) is 16.1 Å². The van der Waals surface area contributed by atoms with Crippen molar-refractivity contribution in [3.8, 4) is 0 Å². The van der Waals surface area contributed by atoms with E-state index in [1.165, 1.54) is 0 Å². The molecule has 0 radical (unpaired) electrons. The lowest BCUT2D eigenvalue weighted by atomic mass is 10.1. The molecule has 2 aromatic heterocycles. The Balaban J connectivity index is 1.34. The van der Waals surface area contributed by atoms with E-state index in [-0.39, 0.29) is 17.9 Å². The highest BCUT2D eigenvalue weighted by molar-refractivity contribution is 7.10. The highest BCUT2D eigenvalue weighted by Gasteiger charge is 2.28. The lowest BCUT2D eigenvalue weighted by Gasteiger charge is -2.11. The molecule has 0 spiro atoms. The number of carbonyl (C=O) groups is 2. The Hall–Kier alpha value is -2.93. The monoisotopic (exact) mass is 380 g/mol. The first kappa shape index (κ1) is 17.5. The molecule has 1 aromatic carbocycles. The molecule has 0 saturated carbocycles. The maximum atomic E-state index is 12.5. The average Bonchev–Trinajstić information content (AvgIpc) is 3.38. The Kier molecular flexibility index (Phi) is 5.02. The van der Waals surface area contributed by atoms with Crippen molar-refractivity contribution in [2.45, 2.75) is 32.0 Å². The normalized spacial score (nSPS) is 15.3. The molecular formula is C20H20N4O2S. The van der Waals surface area contributed by atoms with Gasteiger partial charge >= 0.3 is 0 Å². The van der Waals surface area contributed by atoms with Crippen LogP contribution in [0.25, 0.3) is 0 Å². The van der Waals surface area contributed by atoms with Gasteiger partial charge in [-0.2, -0.15) is 5.10 Å². The molecule has 27 heavy (non-hydrogen) atoms. The van der Waals surface area contributed by atoms with Crippen LogP contribution < -0.4 is 10.6 Å². The number of nitrogens with one attached hydrogen (secondary N) is 2. The molecule has 2 amide bonds. The van der Waals surface area contributed by atoms with Crippen molar-refractivity contribution in [1.29, 1.82) is 0 Å². The molecule has 0 aliphatic carbocycles. The summed E-state index contributed by atoms with van der Waals surface area (Å²) in [5, 5.41) is 12.3. The molecule has 138 valence electrons. The van der Waals surface area contributed by atoms with Crippen molar-refractivity contribution in [2.75, 3.05) is 0 Å². The minimum atomic E-state index is -0.134. The van der Waals surface area contributed by atoms with Crippen LogP contribution in [0, 0.1) is 0 Å². The van der Waals surface area contributed by atoms with Crippen molar-refractivity contribution in [3.05, 3.63) is 75.7 Å². The Morgan fingerprint density at radius 1 is 1.19 bits per heavy atom. The molecule has 3 aromatic rings. The fourth-order valence-electron chi connectivity index (χ4n) is 3.30. The zero-order chi connectivity index (χ0) is 18.6. The maximum absolute atomic E-state index is 12.5. The van der Waals surface area contributed by atoms with Gasteiger partial charge in [0.05, 0.1) is 36.5 Å². The third-order valence-corrected chi connectivity index (χ3v) is 5.48. The number of carbonyl (C=O) groups excluding carboxylic acids is 2. The number of aromatic nitrogens is 2. The summed E-state index contributed by atoms with van der Waals surface area (Å²) < 4.78 is 1.81. The largest absolute Gasteiger partial charge is 0.351 e. The van der Waals surface area contributed by atoms with E-state index in [2.05, 4.69) is 15.7 Å². The molecule has 3 heterocycles. The van der Waals surface area contributed by atoms with E-state index >= 15 is 0 Å². The van der Waals surface area contributed by atoms with Gasteiger partial charge in [0.25, 0.3) is 5.91 Å². The maximum Gasteiger partial charge on any atom is 0.255 e. The van der Waals surface area contributed by atoms with Crippen LogP contribution in [-0.4, -0.2) is 27.6 Å². The van der Waals surface area contributed by atoms with Gasteiger partial charge in [-0.3, -0.25) is 14.3 Å². The molecule has 7 heteroatoms. The van der Waals surface area contributed by atoms with E-state index in [1.54, 1.807) is 17.5 Å². The molecule has 0 fully saturated rings.